The fraction of sp³-hybridized carbons (Fsp3) is 0.450. The maximum Gasteiger partial charge on any atom is 0.255 e. The van der Waals surface area contributed by atoms with Crippen molar-refractivity contribution >= 4 is 66.6 Å². The van der Waals surface area contributed by atoms with Crippen molar-refractivity contribution < 1.29 is 52.4 Å². The number of imide groups is 1. The fourth-order valence-electron chi connectivity index (χ4n) is 6.82. The SMILES string of the molecule is C=CC1C(=O)N(C2CCC(=O)NC2=O)CC1C(=C\C)/C=C/C(=O)NCCOCCOCCNC(=O)/C=C/c1cccc2c1CN(C(C=O)CCC(=O)NC)C2=O.OS. The summed E-state index contributed by atoms with van der Waals surface area (Å²) in [4.78, 5) is 101. The molecule has 1 aromatic carbocycles. The Kier molecular flexibility index (Phi) is 19.7. The smallest absolute Gasteiger partial charge is 0.255 e. The van der Waals surface area contributed by atoms with Crippen LogP contribution in [0.3, 0.4) is 0 Å². The molecule has 3 heterocycles. The van der Waals surface area contributed by atoms with Gasteiger partial charge in [0.25, 0.3) is 5.91 Å². The van der Waals surface area contributed by atoms with E-state index in [0.717, 1.165) is 5.57 Å². The van der Waals surface area contributed by atoms with Crippen LogP contribution in [-0.2, 0) is 49.6 Å². The number of hydrogen-bond donors (Lipinski definition) is 6. The minimum absolute atomic E-state index is 0.116. The van der Waals surface area contributed by atoms with Crippen molar-refractivity contribution in [2.75, 3.05) is 53.1 Å². The first kappa shape index (κ1) is 46.9. The number of carbonyl (C=O) groups excluding carboxylic acids is 8. The Morgan fingerprint density at radius 2 is 1.69 bits per heavy atom. The van der Waals surface area contributed by atoms with Gasteiger partial charge in [0.2, 0.25) is 35.4 Å². The number of likely N-dealkylation sites (tertiary alicyclic amines) is 1. The van der Waals surface area contributed by atoms with Gasteiger partial charge >= 0.3 is 0 Å². The lowest BCUT2D eigenvalue weighted by Crippen LogP contribution is -2.53. The van der Waals surface area contributed by atoms with Crippen molar-refractivity contribution in [1.29, 1.82) is 0 Å². The number of nitrogens with zero attached hydrogens (tertiary/aromatic N) is 2. The molecule has 0 aliphatic carbocycles. The Hall–Kier alpha value is -5.43. The molecule has 18 heteroatoms. The molecule has 0 bridgehead atoms. The molecule has 5 N–H and O–H groups in total. The Morgan fingerprint density at radius 3 is 2.29 bits per heavy atom. The summed E-state index contributed by atoms with van der Waals surface area (Å²) >= 11 is 2.53. The summed E-state index contributed by atoms with van der Waals surface area (Å²) in [5, 5.41) is 10.3. The number of nitrogens with one attached hydrogen (secondary N) is 4. The average molecular weight is 825 g/mol. The number of rotatable bonds is 21. The minimum atomic E-state index is -0.738. The third-order valence-electron chi connectivity index (χ3n) is 9.84. The van der Waals surface area contributed by atoms with Crippen LogP contribution in [0.4, 0.5) is 0 Å². The van der Waals surface area contributed by atoms with Crippen molar-refractivity contribution in [1.82, 2.24) is 31.1 Å². The molecule has 0 saturated carbocycles. The van der Waals surface area contributed by atoms with Gasteiger partial charge < -0.3 is 44.6 Å². The number of fused-ring (bicyclic) bond motifs is 1. The second-order valence-corrected chi connectivity index (χ2v) is 13.3. The lowest BCUT2D eigenvalue weighted by Gasteiger charge is -2.29. The highest BCUT2D eigenvalue weighted by Gasteiger charge is 2.45. The number of hydrogen-bond acceptors (Lipinski definition) is 12. The van der Waals surface area contributed by atoms with Crippen molar-refractivity contribution in [3.05, 3.63) is 77.4 Å². The topological polar surface area (TPSA) is 230 Å². The maximum absolute atomic E-state index is 13.1. The first-order valence-electron chi connectivity index (χ1n) is 18.8. The lowest BCUT2D eigenvalue weighted by atomic mass is 9.88. The fourth-order valence-corrected chi connectivity index (χ4v) is 6.82. The Balaban J connectivity index is 0.00000443. The van der Waals surface area contributed by atoms with Gasteiger partial charge in [0.15, 0.2) is 0 Å². The number of ether oxygens (including phenoxy) is 2. The molecule has 3 aliphatic heterocycles. The summed E-state index contributed by atoms with van der Waals surface area (Å²) in [6, 6.07) is 3.71. The monoisotopic (exact) mass is 824 g/mol. The third kappa shape index (κ3) is 13.1. The predicted molar refractivity (Wildman–Crippen MR) is 216 cm³/mol. The Morgan fingerprint density at radius 1 is 1.02 bits per heavy atom. The van der Waals surface area contributed by atoms with Crippen molar-refractivity contribution in [3.63, 3.8) is 0 Å². The first-order chi connectivity index (χ1) is 28.0. The number of benzene rings is 1. The number of carbonyl (C=O) groups is 8. The number of allylic oxidation sites excluding steroid dienone is 2. The molecule has 58 heavy (non-hydrogen) atoms. The van der Waals surface area contributed by atoms with E-state index in [4.69, 9.17) is 14.0 Å². The summed E-state index contributed by atoms with van der Waals surface area (Å²) in [6.45, 7) is 7.62. The normalized spacial score (nSPS) is 19.7. The van der Waals surface area contributed by atoms with Gasteiger partial charge in [0.05, 0.1) is 38.4 Å². The van der Waals surface area contributed by atoms with E-state index in [2.05, 4.69) is 40.8 Å². The highest BCUT2D eigenvalue weighted by atomic mass is 32.1. The molecule has 0 aromatic heterocycles. The van der Waals surface area contributed by atoms with E-state index in [-0.39, 0.29) is 120 Å². The van der Waals surface area contributed by atoms with Gasteiger partial charge in [-0.3, -0.25) is 38.9 Å². The van der Waals surface area contributed by atoms with Crippen LogP contribution in [0.1, 0.15) is 54.1 Å². The molecule has 2 fully saturated rings. The lowest BCUT2D eigenvalue weighted by molar-refractivity contribution is -0.144. The first-order valence-corrected chi connectivity index (χ1v) is 19.2. The van der Waals surface area contributed by atoms with E-state index >= 15 is 0 Å². The van der Waals surface area contributed by atoms with Crippen molar-refractivity contribution in [3.8, 4) is 0 Å². The molecule has 7 amide bonds. The molecule has 0 spiro atoms. The summed E-state index contributed by atoms with van der Waals surface area (Å²) in [5.41, 5.74) is 2.59. The van der Waals surface area contributed by atoms with Gasteiger partial charge in [-0.25, -0.2) is 0 Å². The van der Waals surface area contributed by atoms with Crippen molar-refractivity contribution in [2.24, 2.45) is 11.8 Å². The minimum Gasteiger partial charge on any atom is -0.377 e. The van der Waals surface area contributed by atoms with Gasteiger partial charge in [0.1, 0.15) is 12.3 Å². The number of aldehydes is 1. The van der Waals surface area contributed by atoms with E-state index in [1.165, 1.54) is 29.0 Å². The molecule has 4 atom stereocenters. The van der Waals surface area contributed by atoms with Gasteiger partial charge in [-0.2, -0.15) is 0 Å². The Labute approximate surface area is 342 Å². The molecule has 4 rings (SSSR count). The second kappa shape index (κ2) is 24.4. The van der Waals surface area contributed by atoms with Crippen LogP contribution in [0, 0.1) is 11.8 Å². The van der Waals surface area contributed by atoms with Crippen LogP contribution >= 0.6 is 12.9 Å². The zero-order valence-electron chi connectivity index (χ0n) is 32.6. The van der Waals surface area contributed by atoms with Crippen LogP contribution < -0.4 is 21.3 Å². The molecular weight excluding hydrogens is 773 g/mol. The highest BCUT2D eigenvalue weighted by molar-refractivity contribution is 7.74. The average Bonchev–Trinajstić information content (AvgIpc) is 3.74. The molecule has 1 aromatic rings. The zero-order chi connectivity index (χ0) is 42.6. The van der Waals surface area contributed by atoms with E-state index in [9.17, 15) is 38.4 Å². The Bertz CT molecular complexity index is 1780. The van der Waals surface area contributed by atoms with E-state index in [1.807, 2.05) is 6.08 Å². The molecular formula is C40H52N6O11S. The molecule has 17 nitrogen and oxygen atoms in total. The van der Waals surface area contributed by atoms with Gasteiger partial charge in [-0.1, -0.05) is 30.4 Å². The van der Waals surface area contributed by atoms with Gasteiger partial charge in [-0.05, 0) is 61.5 Å². The van der Waals surface area contributed by atoms with E-state index < -0.39 is 23.9 Å². The summed E-state index contributed by atoms with van der Waals surface area (Å²) in [7, 11) is 1.51. The van der Waals surface area contributed by atoms with Gasteiger partial charge in [-0.15, -0.1) is 6.58 Å². The quantitative estimate of drug-likeness (QED) is 0.0150. The van der Waals surface area contributed by atoms with Crippen LogP contribution in [0.2, 0.25) is 0 Å². The largest absolute Gasteiger partial charge is 0.377 e. The maximum atomic E-state index is 13.1. The van der Waals surface area contributed by atoms with E-state index in [0.29, 0.717) is 23.0 Å². The second-order valence-electron chi connectivity index (χ2n) is 13.3. The summed E-state index contributed by atoms with van der Waals surface area (Å²) < 4.78 is 17.7. The van der Waals surface area contributed by atoms with Gasteiger partial charge in [0, 0.05) is 69.7 Å². The molecule has 2 saturated heterocycles. The summed E-state index contributed by atoms with van der Waals surface area (Å²) in [6.07, 6.45) is 10.8. The summed E-state index contributed by atoms with van der Waals surface area (Å²) in [5.74, 6) is -3.14. The van der Waals surface area contributed by atoms with Crippen LogP contribution in [0.15, 0.2) is 60.7 Å². The van der Waals surface area contributed by atoms with E-state index in [1.54, 1.807) is 43.4 Å². The van der Waals surface area contributed by atoms with Crippen LogP contribution in [-0.4, -0.2) is 127 Å². The standard InChI is InChI=1S/C40H50N6O10.H2OS/c1-4-26(31-24-46(39(53)29(31)5-2)33-12-16-37(51)44-38(33)52)9-13-35(49)42-17-19-55-21-22-56-20-18-43-36(50)14-10-27-7-6-8-30-32(27)23-45(40(30)54)28(25-47)11-15-34(48)41-3;1-2/h4-10,13-14,25,28-29,31,33H,2,11-12,15-24H2,1,3H3,(H,41,48)(H,42,49)(H,43,50)(H,44,51,52);1-2H/b13-9+,14-10+,26-4-;. The molecule has 4 unspecified atom stereocenters. The molecule has 3 aliphatic rings. The number of thiol groups is 1. The predicted octanol–water partition coefficient (Wildman–Crippen LogP) is 0.972. The third-order valence-corrected chi connectivity index (χ3v) is 9.84. The van der Waals surface area contributed by atoms with Crippen LogP contribution in [0.5, 0.6) is 0 Å². The van der Waals surface area contributed by atoms with Crippen LogP contribution in [0.25, 0.3) is 6.08 Å². The zero-order valence-corrected chi connectivity index (χ0v) is 33.5. The number of piperidine rings is 1. The number of amides is 7. The van der Waals surface area contributed by atoms with Crippen molar-refractivity contribution in [2.45, 2.75) is 51.2 Å². The molecule has 0 radical (unpaired) electrons. The molecule has 314 valence electrons. The highest BCUT2D eigenvalue weighted by Crippen LogP contribution is 2.35.